The third-order valence-electron chi connectivity index (χ3n) is 7.38. The molecule has 2 atom stereocenters. The average Bonchev–Trinajstić information content (AvgIpc) is 3.63. The number of thiazole rings is 1. The summed E-state index contributed by atoms with van der Waals surface area (Å²) in [5, 5.41) is 1.62. The van der Waals surface area contributed by atoms with Crippen molar-refractivity contribution in [3.05, 3.63) is 47.5 Å². The Bertz CT molecular complexity index is 1550. The first kappa shape index (κ1) is 34.0. The first-order valence-electron chi connectivity index (χ1n) is 14.7. The third-order valence-corrected chi connectivity index (χ3v) is 8.24. The molecule has 3 heterocycles. The SMILES string of the molecule is C=CCCCCN(C)C(=O)C1C[C@H](Oc2cc(-c3nc(C(F)(F)F)cs3)nc3c(C)c(OC)ccc23)CN1C(=O)OC(C)(C)C. The highest BCUT2D eigenvalue weighted by Gasteiger charge is 2.44. The molecule has 45 heavy (non-hydrogen) atoms. The Labute approximate surface area is 265 Å². The highest BCUT2D eigenvalue weighted by molar-refractivity contribution is 7.13. The summed E-state index contributed by atoms with van der Waals surface area (Å²) in [6.07, 6.45) is -1.30. The molecular weight excluding hydrogens is 609 g/mol. The quantitative estimate of drug-likeness (QED) is 0.169. The molecule has 3 aromatic rings. The molecule has 1 unspecified atom stereocenters. The van der Waals surface area contributed by atoms with E-state index in [1.807, 2.05) is 6.08 Å². The molecule has 1 aromatic carbocycles. The number of nitrogens with zero attached hydrogens (tertiary/aromatic N) is 4. The second-order valence-electron chi connectivity index (χ2n) is 12.0. The number of carbonyl (C=O) groups is 2. The summed E-state index contributed by atoms with van der Waals surface area (Å²) >= 11 is 0.826. The van der Waals surface area contributed by atoms with Gasteiger partial charge in [-0.1, -0.05) is 6.08 Å². The molecule has 0 bridgehead atoms. The second kappa shape index (κ2) is 13.6. The first-order valence-corrected chi connectivity index (χ1v) is 15.5. The van der Waals surface area contributed by atoms with Gasteiger partial charge in [-0.15, -0.1) is 17.9 Å². The number of benzene rings is 1. The number of hydrogen-bond acceptors (Lipinski definition) is 8. The number of methoxy groups -OCH3 is 1. The molecule has 1 aliphatic heterocycles. The largest absolute Gasteiger partial charge is 0.496 e. The second-order valence-corrected chi connectivity index (χ2v) is 12.9. The van der Waals surface area contributed by atoms with Gasteiger partial charge in [0.2, 0.25) is 5.91 Å². The van der Waals surface area contributed by atoms with Crippen LogP contribution in [0.2, 0.25) is 0 Å². The smallest absolute Gasteiger partial charge is 0.434 e. The lowest BCUT2D eigenvalue weighted by atomic mass is 10.1. The Morgan fingerprint density at radius 3 is 2.53 bits per heavy atom. The predicted molar refractivity (Wildman–Crippen MR) is 167 cm³/mol. The van der Waals surface area contributed by atoms with Gasteiger partial charge in [-0.3, -0.25) is 9.69 Å². The van der Waals surface area contributed by atoms with Crippen molar-refractivity contribution in [1.29, 1.82) is 0 Å². The number of halogens is 3. The van der Waals surface area contributed by atoms with E-state index in [1.54, 1.807) is 57.8 Å². The topological polar surface area (TPSA) is 94.1 Å². The number of allylic oxidation sites excluding steroid dienone is 1. The van der Waals surface area contributed by atoms with Gasteiger partial charge in [0.15, 0.2) is 5.69 Å². The van der Waals surface area contributed by atoms with Gasteiger partial charge in [0.05, 0.1) is 19.2 Å². The first-order chi connectivity index (χ1) is 21.1. The highest BCUT2D eigenvalue weighted by Crippen LogP contribution is 2.39. The van der Waals surface area contributed by atoms with Crippen LogP contribution in [-0.4, -0.2) is 76.8 Å². The van der Waals surface area contributed by atoms with Crippen LogP contribution in [-0.2, 0) is 15.7 Å². The van der Waals surface area contributed by atoms with Gasteiger partial charge >= 0.3 is 12.3 Å². The fraction of sp³-hybridized carbons (Fsp3) is 0.500. The standard InChI is InChI=1S/C32H39F3N4O5S/c1-8-9-10-11-14-38(6)29(40)23-15-20(17-39(23)30(41)44-31(3,4)5)43-25-16-22(28-37-26(18-45-28)32(33,34)35)36-27-19(2)24(42-7)13-12-21(25)27/h8,12-13,16,18,20,23H,1,9-11,14-15,17H2,2-7H3/t20-,23?/m0/s1. The van der Waals surface area contributed by atoms with E-state index in [1.165, 1.54) is 12.0 Å². The minimum atomic E-state index is -4.60. The van der Waals surface area contributed by atoms with Gasteiger partial charge in [-0.25, -0.2) is 14.8 Å². The van der Waals surface area contributed by atoms with Crippen LogP contribution in [0.1, 0.15) is 57.7 Å². The number of aryl methyl sites for hydroxylation is 1. The van der Waals surface area contributed by atoms with Gasteiger partial charge in [0.1, 0.15) is 39.9 Å². The zero-order valence-electron chi connectivity index (χ0n) is 26.4. The molecule has 13 heteroatoms. The lowest BCUT2D eigenvalue weighted by Crippen LogP contribution is -2.48. The lowest BCUT2D eigenvalue weighted by Gasteiger charge is -2.30. The van der Waals surface area contributed by atoms with E-state index in [0.29, 0.717) is 34.5 Å². The van der Waals surface area contributed by atoms with Gasteiger partial charge < -0.3 is 19.1 Å². The number of ether oxygens (including phenoxy) is 3. The fourth-order valence-electron chi connectivity index (χ4n) is 5.15. The van der Waals surface area contributed by atoms with Crippen molar-refractivity contribution in [2.45, 2.75) is 77.3 Å². The number of rotatable bonds is 10. The molecule has 4 rings (SSSR count). The number of amides is 2. The molecule has 0 aliphatic carbocycles. The number of likely N-dealkylation sites (tertiary alicyclic amines) is 1. The van der Waals surface area contributed by atoms with E-state index in [0.717, 1.165) is 36.0 Å². The van der Waals surface area contributed by atoms with E-state index in [9.17, 15) is 22.8 Å². The summed E-state index contributed by atoms with van der Waals surface area (Å²) in [7, 11) is 3.23. The number of pyridine rings is 1. The summed E-state index contributed by atoms with van der Waals surface area (Å²) in [5.41, 5.74) is -0.450. The monoisotopic (exact) mass is 648 g/mol. The molecule has 1 fully saturated rings. The van der Waals surface area contributed by atoms with Crippen LogP contribution in [0.4, 0.5) is 18.0 Å². The Morgan fingerprint density at radius 2 is 1.91 bits per heavy atom. The van der Waals surface area contributed by atoms with Crippen LogP contribution < -0.4 is 9.47 Å². The van der Waals surface area contributed by atoms with E-state index in [4.69, 9.17) is 14.2 Å². The van der Waals surface area contributed by atoms with Crippen LogP contribution in [0.5, 0.6) is 11.5 Å². The van der Waals surface area contributed by atoms with E-state index in [-0.39, 0.29) is 29.6 Å². The number of unbranched alkanes of at least 4 members (excludes halogenated alkanes) is 2. The maximum absolute atomic E-state index is 13.6. The molecule has 0 radical (unpaired) electrons. The Hall–Kier alpha value is -3.87. The van der Waals surface area contributed by atoms with Crippen molar-refractivity contribution in [3.63, 3.8) is 0 Å². The Kier molecular flexibility index (Phi) is 10.3. The molecular formula is C32H39F3N4O5S. The van der Waals surface area contributed by atoms with Crippen LogP contribution in [0, 0.1) is 6.92 Å². The maximum Gasteiger partial charge on any atom is 0.434 e. The van der Waals surface area contributed by atoms with E-state index < -0.39 is 35.7 Å². The normalized spacial score (nSPS) is 17.0. The molecule has 2 amide bonds. The predicted octanol–water partition coefficient (Wildman–Crippen LogP) is 7.27. The summed E-state index contributed by atoms with van der Waals surface area (Å²) < 4.78 is 57.6. The summed E-state index contributed by atoms with van der Waals surface area (Å²) in [4.78, 5) is 38.3. The number of aromatic nitrogens is 2. The van der Waals surface area contributed by atoms with Crippen molar-refractivity contribution < 1.29 is 37.0 Å². The van der Waals surface area contributed by atoms with Crippen molar-refractivity contribution in [1.82, 2.24) is 19.8 Å². The lowest BCUT2D eigenvalue weighted by molar-refractivity contribution is -0.140. The summed E-state index contributed by atoms with van der Waals surface area (Å²) in [5.74, 6) is 0.658. The minimum Gasteiger partial charge on any atom is -0.496 e. The number of carbonyl (C=O) groups excluding carboxylic acids is 2. The minimum absolute atomic E-state index is 0.0688. The molecule has 2 aromatic heterocycles. The zero-order chi connectivity index (χ0) is 33.1. The Balaban J connectivity index is 1.69. The number of alkyl halides is 3. The molecule has 1 aliphatic rings. The maximum atomic E-state index is 13.6. The number of hydrogen-bond donors (Lipinski definition) is 0. The zero-order valence-corrected chi connectivity index (χ0v) is 27.2. The van der Waals surface area contributed by atoms with Gasteiger partial charge in [0, 0.05) is 42.4 Å². The van der Waals surface area contributed by atoms with Crippen LogP contribution >= 0.6 is 11.3 Å². The number of likely N-dealkylation sites (N-methyl/N-ethyl adjacent to an activating group) is 1. The fourth-order valence-corrected chi connectivity index (χ4v) is 5.94. The molecule has 0 N–H and O–H groups in total. The average molecular weight is 649 g/mol. The van der Waals surface area contributed by atoms with Crippen molar-refractivity contribution in [2.75, 3.05) is 27.2 Å². The summed E-state index contributed by atoms with van der Waals surface area (Å²) in [6.45, 7) is 11.4. The molecule has 0 saturated carbocycles. The summed E-state index contributed by atoms with van der Waals surface area (Å²) in [6, 6.07) is 4.24. The van der Waals surface area contributed by atoms with Gasteiger partial charge in [0.25, 0.3) is 0 Å². The van der Waals surface area contributed by atoms with E-state index >= 15 is 0 Å². The van der Waals surface area contributed by atoms with E-state index in [2.05, 4.69) is 16.5 Å². The molecule has 244 valence electrons. The highest BCUT2D eigenvalue weighted by atomic mass is 32.1. The van der Waals surface area contributed by atoms with Crippen molar-refractivity contribution in [2.24, 2.45) is 0 Å². The van der Waals surface area contributed by atoms with Crippen LogP contribution in [0.25, 0.3) is 21.6 Å². The molecule has 0 spiro atoms. The Morgan fingerprint density at radius 1 is 1.18 bits per heavy atom. The number of fused-ring (bicyclic) bond motifs is 1. The van der Waals surface area contributed by atoms with Crippen molar-refractivity contribution >= 4 is 34.2 Å². The third kappa shape index (κ3) is 8.05. The molecule has 9 nitrogen and oxygen atoms in total. The molecule has 1 saturated heterocycles. The van der Waals surface area contributed by atoms with Crippen LogP contribution in [0.3, 0.4) is 0 Å². The van der Waals surface area contributed by atoms with Gasteiger partial charge in [-0.05, 0) is 59.1 Å². The van der Waals surface area contributed by atoms with Crippen molar-refractivity contribution in [3.8, 4) is 22.2 Å². The van der Waals surface area contributed by atoms with Gasteiger partial charge in [-0.2, -0.15) is 13.2 Å². The van der Waals surface area contributed by atoms with Crippen LogP contribution in [0.15, 0.2) is 36.2 Å².